The van der Waals surface area contributed by atoms with E-state index in [1.807, 2.05) is 6.92 Å². The number of Topliss-reactive ketones (excluding diaryl/α,β-unsaturated/α-hetero) is 1. The van der Waals surface area contributed by atoms with E-state index in [0.29, 0.717) is 25.4 Å². The molecule has 0 unspecified atom stereocenters. The van der Waals surface area contributed by atoms with Crippen LogP contribution in [-0.2, 0) is 20.7 Å². The minimum absolute atomic E-state index is 0.00379. The Hall–Kier alpha value is -1.26. The second-order valence-corrected chi connectivity index (χ2v) is 3.97. The molecule has 18 heavy (non-hydrogen) atoms. The van der Waals surface area contributed by atoms with Gasteiger partial charge in [0.25, 0.3) is 0 Å². The Bertz CT molecular complexity index is 366. The van der Waals surface area contributed by atoms with E-state index in [9.17, 15) is 9.18 Å². The molecule has 0 saturated carbocycles. The zero-order valence-electron chi connectivity index (χ0n) is 10.7. The van der Waals surface area contributed by atoms with Gasteiger partial charge >= 0.3 is 0 Å². The summed E-state index contributed by atoms with van der Waals surface area (Å²) in [5.41, 5.74) is 0.410. The number of ether oxygens (including phenoxy) is 2. The van der Waals surface area contributed by atoms with Crippen molar-refractivity contribution in [3.63, 3.8) is 0 Å². The molecule has 0 saturated heterocycles. The number of carbonyl (C=O) groups excluding carboxylic acids is 1. The first-order valence-corrected chi connectivity index (χ1v) is 6.14. The van der Waals surface area contributed by atoms with E-state index >= 15 is 0 Å². The molecule has 4 heteroatoms. The van der Waals surface area contributed by atoms with Crippen molar-refractivity contribution in [2.75, 3.05) is 26.4 Å². The monoisotopic (exact) mass is 254 g/mol. The first kappa shape index (κ1) is 14.8. The molecule has 0 bridgehead atoms. The maximum atomic E-state index is 13.3. The summed E-state index contributed by atoms with van der Waals surface area (Å²) in [5, 5.41) is 0. The van der Waals surface area contributed by atoms with Crippen LogP contribution in [0.4, 0.5) is 4.39 Å². The van der Waals surface area contributed by atoms with Crippen molar-refractivity contribution >= 4 is 5.78 Å². The topological polar surface area (TPSA) is 35.5 Å². The Morgan fingerprint density at radius 1 is 1.17 bits per heavy atom. The van der Waals surface area contributed by atoms with Gasteiger partial charge in [0.2, 0.25) is 0 Å². The molecule has 3 nitrogen and oxygen atoms in total. The van der Waals surface area contributed by atoms with Gasteiger partial charge in [-0.15, -0.1) is 0 Å². The molecule has 1 rings (SSSR count). The summed E-state index contributed by atoms with van der Waals surface area (Å²) in [6.45, 7) is 3.61. The predicted octanol–water partition coefficient (Wildman–Crippen LogP) is 2.38. The van der Waals surface area contributed by atoms with Crippen LogP contribution in [-0.4, -0.2) is 32.2 Å². The Kier molecular flexibility index (Phi) is 7.22. The molecule has 0 atom stereocenters. The lowest BCUT2D eigenvalue weighted by Crippen LogP contribution is -2.15. The number of carbonyl (C=O) groups is 1. The van der Waals surface area contributed by atoms with Crippen LogP contribution >= 0.6 is 0 Å². The summed E-state index contributed by atoms with van der Waals surface area (Å²) in [7, 11) is 0. The molecule has 0 aliphatic rings. The molecular weight excluding hydrogens is 235 g/mol. The summed E-state index contributed by atoms with van der Waals surface area (Å²) in [6.07, 6.45) is 1.04. The summed E-state index contributed by atoms with van der Waals surface area (Å²) in [4.78, 5) is 11.5. The van der Waals surface area contributed by atoms with E-state index in [0.717, 1.165) is 6.42 Å². The van der Waals surface area contributed by atoms with E-state index in [1.54, 1.807) is 18.2 Å². The maximum Gasteiger partial charge on any atom is 0.162 e. The summed E-state index contributed by atoms with van der Waals surface area (Å²) in [6, 6.07) is 6.27. The van der Waals surface area contributed by atoms with Crippen LogP contribution in [0.25, 0.3) is 0 Å². The van der Waals surface area contributed by atoms with Gasteiger partial charge in [0.15, 0.2) is 5.78 Å². The fourth-order valence-corrected chi connectivity index (χ4v) is 1.46. The average molecular weight is 254 g/mol. The summed E-state index contributed by atoms with van der Waals surface area (Å²) < 4.78 is 23.6. The molecule has 0 amide bonds. The fourth-order valence-electron chi connectivity index (χ4n) is 1.46. The highest BCUT2D eigenvalue weighted by atomic mass is 19.1. The molecular formula is C14H19FO3. The van der Waals surface area contributed by atoms with Crippen molar-refractivity contribution < 1.29 is 18.7 Å². The van der Waals surface area contributed by atoms with E-state index in [1.165, 1.54) is 6.07 Å². The van der Waals surface area contributed by atoms with Crippen LogP contribution in [0.2, 0.25) is 0 Å². The Labute approximate surface area is 107 Å². The third-order valence-corrected chi connectivity index (χ3v) is 2.33. The summed E-state index contributed by atoms with van der Waals surface area (Å²) >= 11 is 0. The Balaban J connectivity index is 2.16. The van der Waals surface area contributed by atoms with Gasteiger partial charge in [-0.25, -0.2) is 4.39 Å². The summed E-state index contributed by atoms with van der Waals surface area (Å²) in [5.74, 6) is -0.479. The van der Waals surface area contributed by atoms with Crippen LogP contribution < -0.4 is 0 Å². The molecule has 100 valence electrons. The van der Waals surface area contributed by atoms with Crippen molar-refractivity contribution in [2.24, 2.45) is 0 Å². The van der Waals surface area contributed by atoms with Gasteiger partial charge in [0, 0.05) is 13.0 Å². The van der Waals surface area contributed by atoms with Crippen LogP contribution in [0.15, 0.2) is 24.3 Å². The van der Waals surface area contributed by atoms with Gasteiger partial charge < -0.3 is 9.47 Å². The first-order valence-electron chi connectivity index (χ1n) is 6.14. The second kappa shape index (κ2) is 8.78. The van der Waals surface area contributed by atoms with Crippen LogP contribution in [0.3, 0.4) is 0 Å². The molecule has 0 spiro atoms. The van der Waals surface area contributed by atoms with Gasteiger partial charge in [-0.3, -0.25) is 4.79 Å². The minimum Gasteiger partial charge on any atom is -0.379 e. The number of halogens is 1. The van der Waals surface area contributed by atoms with Gasteiger partial charge in [-0.05, 0) is 18.1 Å². The largest absolute Gasteiger partial charge is 0.379 e. The van der Waals surface area contributed by atoms with Crippen molar-refractivity contribution in [3.8, 4) is 0 Å². The molecule has 0 N–H and O–H groups in total. The zero-order valence-corrected chi connectivity index (χ0v) is 10.7. The number of rotatable bonds is 9. The lowest BCUT2D eigenvalue weighted by Gasteiger charge is -2.05. The van der Waals surface area contributed by atoms with Crippen molar-refractivity contribution in [1.82, 2.24) is 0 Å². The highest BCUT2D eigenvalue weighted by Crippen LogP contribution is 2.07. The molecule has 0 aromatic heterocycles. The Morgan fingerprint density at radius 3 is 2.61 bits per heavy atom. The molecule has 0 radical (unpaired) electrons. The smallest absolute Gasteiger partial charge is 0.162 e. The third kappa shape index (κ3) is 5.89. The van der Waals surface area contributed by atoms with E-state index in [4.69, 9.17) is 9.47 Å². The molecule has 0 aliphatic carbocycles. The van der Waals surface area contributed by atoms with Gasteiger partial charge in [0.05, 0.1) is 13.2 Å². The standard InChI is InChI=1S/C14H19FO3/c1-2-7-17-8-9-18-11-13(16)10-12-5-3-4-6-14(12)15/h3-6H,2,7-11H2,1H3. The van der Waals surface area contributed by atoms with Gasteiger partial charge in [-0.1, -0.05) is 25.1 Å². The second-order valence-electron chi connectivity index (χ2n) is 3.97. The maximum absolute atomic E-state index is 13.3. The zero-order chi connectivity index (χ0) is 13.2. The molecule has 1 aromatic carbocycles. The quantitative estimate of drug-likeness (QED) is 0.635. The van der Waals surface area contributed by atoms with Crippen LogP contribution in [0.1, 0.15) is 18.9 Å². The van der Waals surface area contributed by atoms with Crippen LogP contribution in [0, 0.1) is 5.82 Å². The van der Waals surface area contributed by atoms with E-state index < -0.39 is 0 Å². The molecule has 0 fully saturated rings. The predicted molar refractivity (Wildman–Crippen MR) is 67.0 cm³/mol. The fraction of sp³-hybridized carbons (Fsp3) is 0.500. The van der Waals surface area contributed by atoms with Crippen molar-refractivity contribution in [1.29, 1.82) is 0 Å². The Morgan fingerprint density at radius 2 is 1.89 bits per heavy atom. The van der Waals surface area contributed by atoms with Crippen molar-refractivity contribution in [3.05, 3.63) is 35.6 Å². The SMILES string of the molecule is CCCOCCOCC(=O)Cc1ccccc1F. The molecule has 0 aliphatic heterocycles. The third-order valence-electron chi connectivity index (χ3n) is 2.33. The van der Waals surface area contributed by atoms with Gasteiger partial charge in [0.1, 0.15) is 12.4 Å². The average Bonchev–Trinajstić information content (AvgIpc) is 2.36. The molecule has 1 aromatic rings. The first-order chi connectivity index (χ1) is 8.74. The molecule has 0 heterocycles. The van der Waals surface area contributed by atoms with Crippen molar-refractivity contribution in [2.45, 2.75) is 19.8 Å². The lowest BCUT2D eigenvalue weighted by atomic mass is 10.1. The van der Waals surface area contributed by atoms with Crippen LogP contribution in [0.5, 0.6) is 0 Å². The minimum atomic E-state index is -0.350. The van der Waals surface area contributed by atoms with Gasteiger partial charge in [-0.2, -0.15) is 0 Å². The number of ketones is 1. The highest BCUT2D eigenvalue weighted by molar-refractivity contribution is 5.82. The van der Waals surface area contributed by atoms with E-state index in [-0.39, 0.29) is 24.6 Å². The lowest BCUT2D eigenvalue weighted by molar-refractivity contribution is -0.123. The highest BCUT2D eigenvalue weighted by Gasteiger charge is 2.07. The number of benzene rings is 1. The normalized spacial score (nSPS) is 10.6. The van der Waals surface area contributed by atoms with E-state index in [2.05, 4.69) is 0 Å². The number of hydrogen-bond acceptors (Lipinski definition) is 3. The number of hydrogen-bond donors (Lipinski definition) is 0.